The zero-order valence-corrected chi connectivity index (χ0v) is 15.0. The highest BCUT2D eigenvalue weighted by molar-refractivity contribution is 7.98. The van der Waals surface area contributed by atoms with Gasteiger partial charge in [-0.05, 0) is 49.1 Å². The Morgan fingerprint density at radius 2 is 1.88 bits per heavy atom. The fourth-order valence-electron chi connectivity index (χ4n) is 2.09. The first-order valence-electron chi connectivity index (χ1n) is 7.43. The van der Waals surface area contributed by atoms with Gasteiger partial charge in [0.15, 0.2) is 0 Å². The third kappa shape index (κ3) is 5.01. The fraction of sp³-hybridized carbons (Fsp3) is 0.222. The van der Waals surface area contributed by atoms with Crippen molar-refractivity contribution in [3.63, 3.8) is 0 Å². The molecule has 1 N–H and O–H groups in total. The molecule has 0 aliphatic rings. The fourth-order valence-corrected chi connectivity index (χ4v) is 2.73. The van der Waals surface area contributed by atoms with Crippen molar-refractivity contribution < 1.29 is 14.3 Å². The predicted molar refractivity (Wildman–Crippen MR) is 98.0 cm³/mol. The molecular weight excluding hydrogens is 346 g/mol. The van der Waals surface area contributed by atoms with Gasteiger partial charge in [-0.3, -0.25) is 9.59 Å². The molecule has 0 aliphatic carbocycles. The van der Waals surface area contributed by atoms with E-state index < -0.39 is 0 Å². The first-order chi connectivity index (χ1) is 11.5. The van der Waals surface area contributed by atoms with Crippen molar-refractivity contribution in [2.75, 3.05) is 18.2 Å². The molecule has 0 aromatic heterocycles. The van der Waals surface area contributed by atoms with E-state index in [9.17, 15) is 9.59 Å². The lowest BCUT2D eigenvalue weighted by molar-refractivity contribution is -0.142. The minimum absolute atomic E-state index is 0.212. The number of anilines is 1. The normalized spacial score (nSPS) is 10.3. The standard InChI is InChI=1S/C18H18ClNO3S/c1-3-23-17(21)10-12-4-6-13(7-5-12)20-18(22)15-11-14(24-2)8-9-16(15)19/h4-9,11H,3,10H2,1-2H3,(H,20,22). The van der Waals surface area contributed by atoms with Crippen LogP contribution in [0.1, 0.15) is 22.8 Å². The largest absolute Gasteiger partial charge is 0.466 e. The van der Waals surface area contributed by atoms with Crippen LogP contribution in [0, 0.1) is 0 Å². The molecule has 0 radical (unpaired) electrons. The molecule has 0 saturated carbocycles. The molecule has 24 heavy (non-hydrogen) atoms. The molecule has 0 unspecified atom stereocenters. The van der Waals surface area contributed by atoms with E-state index in [1.165, 1.54) is 0 Å². The van der Waals surface area contributed by atoms with Crippen molar-refractivity contribution in [2.24, 2.45) is 0 Å². The Labute approximate surface area is 150 Å². The van der Waals surface area contributed by atoms with Gasteiger partial charge >= 0.3 is 5.97 Å². The number of amides is 1. The van der Waals surface area contributed by atoms with Gasteiger partial charge in [0.05, 0.1) is 23.6 Å². The number of carbonyl (C=O) groups excluding carboxylic acids is 2. The summed E-state index contributed by atoms with van der Waals surface area (Å²) in [4.78, 5) is 24.8. The SMILES string of the molecule is CCOC(=O)Cc1ccc(NC(=O)c2cc(SC)ccc2Cl)cc1. The van der Waals surface area contributed by atoms with Crippen molar-refractivity contribution in [3.8, 4) is 0 Å². The van der Waals surface area contributed by atoms with E-state index in [2.05, 4.69) is 5.32 Å². The highest BCUT2D eigenvalue weighted by atomic mass is 35.5. The number of halogens is 1. The number of benzene rings is 2. The van der Waals surface area contributed by atoms with Crippen LogP contribution in [0.2, 0.25) is 5.02 Å². The van der Waals surface area contributed by atoms with Gasteiger partial charge in [-0.2, -0.15) is 0 Å². The van der Waals surface area contributed by atoms with Crippen molar-refractivity contribution in [1.82, 2.24) is 0 Å². The van der Waals surface area contributed by atoms with Crippen LogP contribution < -0.4 is 5.32 Å². The summed E-state index contributed by atoms with van der Waals surface area (Å²) in [6.07, 6.45) is 2.15. The maximum atomic E-state index is 12.4. The Hall–Kier alpha value is -1.98. The van der Waals surface area contributed by atoms with Crippen LogP contribution in [0.15, 0.2) is 47.4 Å². The van der Waals surface area contributed by atoms with Crippen LogP contribution in [-0.4, -0.2) is 24.7 Å². The average Bonchev–Trinajstić information content (AvgIpc) is 2.57. The van der Waals surface area contributed by atoms with Gasteiger partial charge in [-0.15, -0.1) is 11.8 Å². The average molecular weight is 364 g/mol. The van der Waals surface area contributed by atoms with E-state index in [-0.39, 0.29) is 18.3 Å². The minimum atomic E-state index is -0.269. The lowest BCUT2D eigenvalue weighted by Crippen LogP contribution is -2.13. The molecule has 6 heteroatoms. The van der Waals surface area contributed by atoms with Crippen LogP contribution >= 0.6 is 23.4 Å². The number of hydrogen-bond donors (Lipinski definition) is 1. The van der Waals surface area contributed by atoms with Crippen molar-refractivity contribution in [2.45, 2.75) is 18.2 Å². The van der Waals surface area contributed by atoms with Gasteiger partial charge < -0.3 is 10.1 Å². The summed E-state index contributed by atoms with van der Waals surface area (Å²) in [5.41, 5.74) is 1.89. The number of carbonyl (C=O) groups is 2. The Kier molecular flexibility index (Phi) is 6.70. The zero-order valence-electron chi connectivity index (χ0n) is 13.5. The van der Waals surface area contributed by atoms with E-state index in [1.807, 2.05) is 12.3 Å². The molecule has 2 aromatic rings. The summed E-state index contributed by atoms with van der Waals surface area (Å²) < 4.78 is 4.91. The maximum Gasteiger partial charge on any atom is 0.310 e. The Morgan fingerprint density at radius 3 is 2.50 bits per heavy atom. The van der Waals surface area contributed by atoms with Gasteiger partial charge in [-0.1, -0.05) is 23.7 Å². The van der Waals surface area contributed by atoms with Crippen molar-refractivity contribution >= 4 is 40.9 Å². The number of ether oxygens (including phenoxy) is 1. The molecule has 1 amide bonds. The predicted octanol–water partition coefficient (Wildman–Crippen LogP) is 4.42. The number of nitrogens with one attached hydrogen (secondary N) is 1. The molecule has 0 saturated heterocycles. The molecular formula is C18H18ClNO3S. The minimum Gasteiger partial charge on any atom is -0.466 e. The number of rotatable bonds is 6. The summed E-state index contributed by atoms with van der Waals surface area (Å²) >= 11 is 7.65. The van der Waals surface area contributed by atoms with Crippen LogP contribution in [-0.2, 0) is 16.0 Å². The third-order valence-corrected chi connectivity index (χ3v) is 4.34. The van der Waals surface area contributed by atoms with E-state index in [0.29, 0.717) is 22.9 Å². The Bertz CT molecular complexity index is 732. The highest BCUT2D eigenvalue weighted by Crippen LogP contribution is 2.24. The first kappa shape index (κ1) is 18.4. The summed E-state index contributed by atoms with van der Waals surface area (Å²) in [5, 5.41) is 3.21. The molecule has 0 heterocycles. The molecule has 0 bridgehead atoms. The summed E-state index contributed by atoms with van der Waals surface area (Å²) in [6, 6.07) is 12.4. The summed E-state index contributed by atoms with van der Waals surface area (Å²) in [7, 11) is 0. The van der Waals surface area contributed by atoms with Gasteiger partial charge in [0.25, 0.3) is 5.91 Å². The molecule has 126 valence electrons. The summed E-state index contributed by atoms with van der Waals surface area (Å²) in [5.74, 6) is -0.538. The Balaban J connectivity index is 2.05. The van der Waals surface area contributed by atoms with Gasteiger partial charge in [0.2, 0.25) is 0 Å². The topological polar surface area (TPSA) is 55.4 Å². The molecule has 0 fully saturated rings. The Morgan fingerprint density at radius 1 is 1.17 bits per heavy atom. The van der Waals surface area contributed by atoms with Crippen molar-refractivity contribution in [3.05, 3.63) is 58.6 Å². The van der Waals surface area contributed by atoms with E-state index in [0.717, 1.165) is 10.5 Å². The lowest BCUT2D eigenvalue weighted by atomic mass is 10.1. The highest BCUT2D eigenvalue weighted by Gasteiger charge is 2.12. The quantitative estimate of drug-likeness (QED) is 0.609. The monoisotopic (exact) mass is 363 g/mol. The second kappa shape index (κ2) is 8.76. The number of hydrogen-bond acceptors (Lipinski definition) is 4. The molecule has 2 aromatic carbocycles. The second-order valence-electron chi connectivity index (χ2n) is 4.98. The summed E-state index contributed by atoms with van der Waals surface area (Å²) in [6.45, 7) is 2.14. The van der Waals surface area contributed by atoms with E-state index in [4.69, 9.17) is 16.3 Å². The van der Waals surface area contributed by atoms with Crippen LogP contribution in [0.25, 0.3) is 0 Å². The first-order valence-corrected chi connectivity index (χ1v) is 9.03. The van der Waals surface area contributed by atoms with E-state index in [1.54, 1.807) is 55.1 Å². The molecule has 4 nitrogen and oxygen atoms in total. The van der Waals surface area contributed by atoms with Crippen molar-refractivity contribution in [1.29, 1.82) is 0 Å². The van der Waals surface area contributed by atoms with Gasteiger partial charge in [0.1, 0.15) is 0 Å². The number of thioether (sulfide) groups is 1. The number of esters is 1. The van der Waals surface area contributed by atoms with Gasteiger partial charge in [0, 0.05) is 10.6 Å². The van der Waals surface area contributed by atoms with Crippen LogP contribution in [0.4, 0.5) is 5.69 Å². The molecule has 0 atom stereocenters. The second-order valence-corrected chi connectivity index (χ2v) is 6.27. The lowest BCUT2D eigenvalue weighted by Gasteiger charge is -2.09. The van der Waals surface area contributed by atoms with Crippen LogP contribution in [0.3, 0.4) is 0 Å². The molecule has 0 aliphatic heterocycles. The third-order valence-electron chi connectivity index (χ3n) is 3.28. The maximum absolute atomic E-state index is 12.4. The van der Waals surface area contributed by atoms with Gasteiger partial charge in [-0.25, -0.2) is 0 Å². The van der Waals surface area contributed by atoms with E-state index >= 15 is 0 Å². The smallest absolute Gasteiger partial charge is 0.310 e. The van der Waals surface area contributed by atoms with Crippen LogP contribution in [0.5, 0.6) is 0 Å². The molecule has 2 rings (SSSR count). The zero-order chi connectivity index (χ0) is 17.5. The molecule has 0 spiro atoms.